The van der Waals surface area contributed by atoms with Crippen molar-refractivity contribution in [3.05, 3.63) is 107 Å². The van der Waals surface area contributed by atoms with Gasteiger partial charge in [-0.15, -0.1) is 0 Å². The Balaban J connectivity index is 1.49. The van der Waals surface area contributed by atoms with E-state index in [2.05, 4.69) is 45.0 Å². The molecule has 5 nitrogen and oxygen atoms in total. The molecular weight excluding hydrogens is 510 g/mol. The fourth-order valence-electron chi connectivity index (χ4n) is 4.18. The first-order chi connectivity index (χ1) is 18.4. The molecule has 0 bridgehead atoms. The molecule has 1 aliphatic rings. The highest BCUT2D eigenvalue weighted by atomic mass is 32.2. The third kappa shape index (κ3) is 5.90. The lowest BCUT2D eigenvalue weighted by molar-refractivity contribution is -0.122. The van der Waals surface area contributed by atoms with E-state index in [4.69, 9.17) is 22.1 Å². The smallest absolute Gasteiger partial charge is 0.266 e. The number of rotatable bonds is 8. The average Bonchev–Trinajstić information content (AvgIpc) is 3.45. The summed E-state index contributed by atoms with van der Waals surface area (Å²) in [4.78, 5) is 15.5. The van der Waals surface area contributed by atoms with E-state index >= 15 is 0 Å². The molecule has 0 saturated carbocycles. The van der Waals surface area contributed by atoms with E-state index in [9.17, 15) is 4.79 Å². The van der Waals surface area contributed by atoms with Crippen LogP contribution in [0.1, 0.15) is 30.5 Å². The van der Waals surface area contributed by atoms with Crippen LogP contribution in [0.25, 0.3) is 23.0 Å². The number of thioether (sulfide) groups is 1. The second kappa shape index (κ2) is 11.4. The minimum Gasteiger partial charge on any atom is -0.489 e. The van der Waals surface area contributed by atoms with Crippen molar-refractivity contribution < 1.29 is 9.53 Å². The van der Waals surface area contributed by atoms with Gasteiger partial charge in [-0.3, -0.25) is 9.69 Å². The van der Waals surface area contributed by atoms with Crippen LogP contribution in [0.3, 0.4) is 0 Å². The highest BCUT2D eigenvalue weighted by Gasteiger charge is 2.32. The van der Waals surface area contributed by atoms with Crippen LogP contribution in [0.4, 0.5) is 0 Å². The molecule has 0 unspecified atom stereocenters. The van der Waals surface area contributed by atoms with Gasteiger partial charge in [0.25, 0.3) is 5.91 Å². The summed E-state index contributed by atoms with van der Waals surface area (Å²) in [7, 11) is 0. The number of ether oxygens (including phenoxy) is 1. The van der Waals surface area contributed by atoms with Gasteiger partial charge in [-0.25, -0.2) is 4.68 Å². The lowest BCUT2D eigenvalue weighted by Crippen LogP contribution is -2.31. The van der Waals surface area contributed by atoms with Gasteiger partial charge in [-0.1, -0.05) is 98.0 Å². The highest BCUT2D eigenvalue weighted by Crippen LogP contribution is 2.36. The summed E-state index contributed by atoms with van der Waals surface area (Å²) in [5.41, 5.74) is 5.78. The molecule has 0 spiro atoms. The summed E-state index contributed by atoms with van der Waals surface area (Å²) in [6.45, 7) is 7.32. The predicted octanol–water partition coefficient (Wildman–Crippen LogP) is 7.28. The lowest BCUT2D eigenvalue weighted by Gasteiger charge is -2.16. The van der Waals surface area contributed by atoms with Gasteiger partial charge in [-0.05, 0) is 48.7 Å². The van der Waals surface area contributed by atoms with Crippen molar-refractivity contribution in [1.29, 1.82) is 0 Å². The van der Waals surface area contributed by atoms with Gasteiger partial charge in [0.15, 0.2) is 0 Å². The molecule has 1 aromatic heterocycles. The zero-order valence-corrected chi connectivity index (χ0v) is 23.3. The molecule has 0 N–H and O–H groups in total. The molecule has 2 heterocycles. The maximum atomic E-state index is 13.2. The molecule has 3 aromatic carbocycles. The van der Waals surface area contributed by atoms with Crippen LogP contribution in [0, 0.1) is 12.8 Å². The van der Waals surface area contributed by atoms with Gasteiger partial charge in [0.2, 0.25) is 0 Å². The van der Waals surface area contributed by atoms with Crippen LogP contribution in [-0.4, -0.2) is 31.5 Å². The molecule has 0 atom stereocenters. The first kappa shape index (κ1) is 25.9. The first-order valence-electron chi connectivity index (χ1n) is 12.6. The van der Waals surface area contributed by atoms with Gasteiger partial charge in [0, 0.05) is 23.9 Å². The third-order valence-corrected chi connectivity index (χ3v) is 7.48. The second-order valence-electron chi connectivity index (χ2n) is 9.70. The quantitative estimate of drug-likeness (QED) is 0.174. The Labute approximate surface area is 233 Å². The minimum atomic E-state index is -0.0534. The summed E-state index contributed by atoms with van der Waals surface area (Å²) >= 11 is 6.87. The topological polar surface area (TPSA) is 47.4 Å². The number of para-hydroxylation sites is 1. The normalized spacial score (nSPS) is 14.6. The molecule has 192 valence electrons. The Morgan fingerprint density at radius 2 is 1.79 bits per heavy atom. The largest absolute Gasteiger partial charge is 0.489 e. The van der Waals surface area contributed by atoms with E-state index in [0.717, 1.165) is 33.8 Å². The zero-order valence-electron chi connectivity index (χ0n) is 21.6. The summed E-state index contributed by atoms with van der Waals surface area (Å²) in [5.74, 6) is 1.03. The maximum absolute atomic E-state index is 13.2. The zero-order chi connectivity index (χ0) is 26.6. The van der Waals surface area contributed by atoms with Crippen LogP contribution in [0.5, 0.6) is 5.75 Å². The summed E-state index contributed by atoms with van der Waals surface area (Å²) in [5, 5.41) is 4.92. The third-order valence-electron chi connectivity index (χ3n) is 6.10. The SMILES string of the molecule is Cc1ccc(COc2cccc(-c3nn(-c4ccccc4)cc3/C=C3\SC(=S)N(CC(C)C)C3=O)c2)cc1. The Hall–Kier alpha value is -3.68. The fraction of sp³-hybridized carbons (Fsp3) is 0.194. The van der Waals surface area contributed by atoms with Crippen LogP contribution < -0.4 is 4.74 Å². The molecular formula is C31H29N3O2S2. The van der Waals surface area contributed by atoms with E-state index in [0.29, 0.717) is 28.3 Å². The maximum Gasteiger partial charge on any atom is 0.266 e. The molecule has 5 rings (SSSR count). The number of hydrogen-bond acceptors (Lipinski definition) is 5. The van der Waals surface area contributed by atoms with E-state index in [1.54, 1.807) is 4.90 Å². The number of aryl methyl sites for hydroxylation is 1. The van der Waals surface area contributed by atoms with E-state index in [1.807, 2.05) is 71.6 Å². The number of hydrogen-bond donors (Lipinski definition) is 0. The van der Waals surface area contributed by atoms with Crippen molar-refractivity contribution in [3.63, 3.8) is 0 Å². The standard InChI is InChI=1S/C31H29N3O2S2/c1-21(2)18-33-30(35)28(38-31(33)37)17-25-19-34(26-9-5-4-6-10-26)32-29(25)24-8-7-11-27(16-24)36-20-23-14-12-22(3)13-15-23/h4-17,19,21H,18,20H2,1-3H3/b28-17-. The van der Waals surface area contributed by atoms with Crippen molar-refractivity contribution in [1.82, 2.24) is 14.7 Å². The van der Waals surface area contributed by atoms with Crippen LogP contribution in [-0.2, 0) is 11.4 Å². The number of aromatic nitrogens is 2. The number of carbonyl (C=O) groups excluding carboxylic acids is 1. The first-order valence-corrected chi connectivity index (χ1v) is 13.8. The molecule has 1 saturated heterocycles. The van der Waals surface area contributed by atoms with Gasteiger partial charge in [0.05, 0.1) is 10.6 Å². The van der Waals surface area contributed by atoms with Crippen molar-refractivity contribution >= 4 is 40.3 Å². The van der Waals surface area contributed by atoms with Gasteiger partial charge in [0.1, 0.15) is 22.4 Å². The van der Waals surface area contributed by atoms with Crippen LogP contribution in [0.2, 0.25) is 0 Å². The fourth-order valence-corrected chi connectivity index (χ4v) is 5.44. The highest BCUT2D eigenvalue weighted by molar-refractivity contribution is 8.26. The Kier molecular flexibility index (Phi) is 7.77. The van der Waals surface area contributed by atoms with Gasteiger partial charge >= 0.3 is 0 Å². The monoisotopic (exact) mass is 539 g/mol. The number of carbonyl (C=O) groups is 1. The van der Waals surface area contributed by atoms with Crippen molar-refractivity contribution in [2.24, 2.45) is 5.92 Å². The van der Waals surface area contributed by atoms with Crippen LogP contribution >= 0.6 is 24.0 Å². The molecule has 1 amide bonds. The molecule has 1 aliphatic heterocycles. The number of benzene rings is 3. The Bertz CT molecular complexity index is 1490. The molecule has 4 aromatic rings. The Morgan fingerprint density at radius 3 is 2.53 bits per heavy atom. The lowest BCUT2D eigenvalue weighted by atomic mass is 10.1. The van der Waals surface area contributed by atoms with Gasteiger partial charge in [-0.2, -0.15) is 5.10 Å². The number of amides is 1. The summed E-state index contributed by atoms with van der Waals surface area (Å²) < 4.78 is 8.55. The average molecular weight is 540 g/mol. The predicted molar refractivity (Wildman–Crippen MR) is 159 cm³/mol. The summed E-state index contributed by atoms with van der Waals surface area (Å²) in [6, 6.07) is 26.2. The minimum absolute atomic E-state index is 0.0534. The van der Waals surface area contributed by atoms with Crippen molar-refractivity contribution in [3.8, 4) is 22.7 Å². The molecule has 7 heteroatoms. The molecule has 1 fully saturated rings. The van der Waals surface area contributed by atoms with Crippen molar-refractivity contribution in [2.45, 2.75) is 27.4 Å². The van der Waals surface area contributed by atoms with E-state index in [-0.39, 0.29) is 5.91 Å². The molecule has 0 aliphatic carbocycles. The number of nitrogens with zero attached hydrogens (tertiary/aromatic N) is 3. The summed E-state index contributed by atoms with van der Waals surface area (Å²) in [6.07, 6.45) is 3.86. The molecule has 0 radical (unpaired) electrons. The number of thiocarbonyl (C=S) groups is 1. The molecule has 38 heavy (non-hydrogen) atoms. The van der Waals surface area contributed by atoms with E-state index in [1.165, 1.54) is 17.3 Å². The Morgan fingerprint density at radius 1 is 1.03 bits per heavy atom. The van der Waals surface area contributed by atoms with Crippen molar-refractivity contribution in [2.75, 3.05) is 6.54 Å². The van der Waals surface area contributed by atoms with E-state index < -0.39 is 0 Å². The van der Waals surface area contributed by atoms with Crippen LogP contribution in [0.15, 0.2) is 90.0 Å². The van der Waals surface area contributed by atoms with Gasteiger partial charge < -0.3 is 4.74 Å². The second-order valence-corrected chi connectivity index (χ2v) is 11.4.